The van der Waals surface area contributed by atoms with Crippen LogP contribution >= 0.6 is 27.7 Å². The highest BCUT2D eigenvalue weighted by molar-refractivity contribution is 9.10. The second-order valence-corrected chi connectivity index (χ2v) is 8.39. The number of halogens is 1. The molecule has 3 rings (SSSR count). The maximum absolute atomic E-state index is 12.1. The van der Waals surface area contributed by atoms with Crippen molar-refractivity contribution >= 4 is 62.0 Å². The average Bonchev–Trinajstić information content (AvgIpc) is 3.05. The molecule has 0 atom stereocenters. The largest absolute Gasteiger partial charge is 0.440 e. The quantitative estimate of drug-likeness (QED) is 0.515. The van der Waals surface area contributed by atoms with Crippen molar-refractivity contribution in [1.82, 2.24) is 4.98 Å². The predicted octanol–water partition coefficient (Wildman–Crippen LogP) is 5.02. The van der Waals surface area contributed by atoms with Crippen molar-refractivity contribution in [2.75, 3.05) is 22.1 Å². The fourth-order valence-electron chi connectivity index (χ4n) is 2.47. The topological polar surface area (TPSA) is 84.2 Å². The first-order valence-electron chi connectivity index (χ1n) is 8.74. The second kappa shape index (κ2) is 9.25. The van der Waals surface area contributed by atoms with Gasteiger partial charge < -0.3 is 15.1 Å². The first kappa shape index (κ1) is 20.4. The maximum atomic E-state index is 12.1. The first-order valence-corrected chi connectivity index (χ1v) is 10.7. The molecule has 3 aromatic rings. The molecule has 146 valence electrons. The molecule has 0 spiro atoms. The van der Waals surface area contributed by atoms with Crippen molar-refractivity contribution in [1.29, 1.82) is 0 Å². The minimum absolute atomic E-state index is 0.152. The monoisotopic (exact) mass is 461 g/mol. The fourth-order valence-corrected chi connectivity index (χ4v) is 3.48. The SMILES string of the molecule is CC(C)c1nc2cc(NC(=O)CSCC(=O)Nc3cccc(Br)c3)ccc2o1. The van der Waals surface area contributed by atoms with Crippen LogP contribution in [0.1, 0.15) is 25.7 Å². The van der Waals surface area contributed by atoms with Gasteiger partial charge in [-0.05, 0) is 36.4 Å². The molecule has 0 saturated heterocycles. The normalized spacial score (nSPS) is 11.0. The third-order valence-corrected chi connectivity index (χ3v) is 5.18. The van der Waals surface area contributed by atoms with E-state index in [0.29, 0.717) is 28.4 Å². The molecule has 0 aliphatic rings. The number of amides is 2. The zero-order valence-corrected chi connectivity index (χ0v) is 17.9. The number of carbonyl (C=O) groups excluding carboxylic acids is 2. The van der Waals surface area contributed by atoms with Gasteiger partial charge in [0.25, 0.3) is 0 Å². The van der Waals surface area contributed by atoms with E-state index >= 15 is 0 Å². The molecule has 0 radical (unpaired) electrons. The second-order valence-electron chi connectivity index (χ2n) is 6.49. The summed E-state index contributed by atoms with van der Waals surface area (Å²) in [4.78, 5) is 28.5. The van der Waals surface area contributed by atoms with E-state index in [2.05, 4.69) is 31.5 Å². The van der Waals surface area contributed by atoms with Crippen LogP contribution in [0.3, 0.4) is 0 Å². The number of carbonyl (C=O) groups is 2. The van der Waals surface area contributed by atoms with Gasteiger partial charge in [0, 0.05) is 21.8 Å². The van der Waals surface area contributed by atoms with Gasteiger partial charge in [-0.1, -0.05) is 35.8 Å². The van der Waals surface area contributed by atoms with Gasteiger partial charge in [-0.15, -0.1) is 11.8 Å². The summed E-state index contributed by atoms with van der Waals surface area (Å²) in [6.45, 7) is 4.02. The highest BCUT2D eigenvalue weighted by Gasteiger charge is 2.11. The van der Waals surface area contributed by atoms with Crippen molar-refractivity contribution < 1.29 is 14.0 Å². The minimum atomic E-state index is -0.174. The number of nitrogens with zero attached hydrogens (tertiary/aromatic N) is 1. The summed E-state index contributed by atoms with van der Waals surface area (Å²) in [5.74, 6) is 0.920. The third-order valence-electron chi connectivity index (χ3n) is 3.76. The van der Waals surface area contributed by atoms with Crippen molar-refractivity contribution in [2.24, 2.45) is 0 Å². The maximum Gasteiger partial charge on any atom is 0.234 e. The molecule has 0 unspecified atom stereocenters. The summed E-state index contributed by atoms with van der Waals surface area (Å²) >= 11 is 4.61. The zero-order valence-electron chi connectivity index (χ0n) is 15.5. The minimum Gasteiger partial charge on any atom is -0.440 e. The van der Waals surface area contributed by atoms with Gasteiger partial charge in [-0.25, -0.2) is 4.98 Å². The van der Waals surface area contributed by atoms with E-state index in [1.165, 1.54) is 11.8 Å². The molecule has 0 saturated carbocycles. The number of hydrogen-bond donors (Lipinski definition) is 2. The van der Waals surface area contributed by atoms with E-state index in [1.807, 2.05) is 38.1 Å². The van der Waals surface area contributed by atoms with Crippen molar-refractivity contribution in [2.45, 2.75) is 19.8 Å². The molecule has 0 aliphatic carbocycles. The molecular formula is C20H20BrN3O3S. The summed E-state index contributed by atoms with van der Waals surface area (Å²) < 4.78 is 6.55. The Kier molecular flexibility index (Phi) is 6.74. The van der Waals surface area contributed by atoms with Crippen LogP contribution in [0.4, 0.5) is 11.4 Å². The Bertz CT molecular complexity index is 1000. The molecule has 8 heteroatoms. The average molecular weight is 462 g/mol. The van der Waals surface area contributed by atoms with Crippen LogP contribution in [0.25, 0.3) is 11.1 Å². The van der Waals surface area contributed by atoms with Crippen LogP contribution in [0.2, 0.25) is 0 Å². The van der Waals surface area contributed by atoms with E-state index in [4.69, 9.17) is 4.42 Å². The van der Waals surface area contributed by atoms with E-state index in [-0.39, 0.29) is 29.2 Å². The molecule has 1 heterocycles. The highest BCUT2D eigenvalue weighted by Crippen LogP contribution is 2.24. The Labute approximate surface area is 175 Å². The Morgan fingerprint density at radius 1 is 1.07 bits per heavy atom. The molecule has 28 heavy (non-hydrogen) atoms. The number of anilines is 2. The predicted molar refractivity (Wildman–Crippen MR) is 117 cm³/mol. The molecule has 2 N–H and O–H groups in total. The smallest absolute Gasteiger partial charge is 0.234 e. The summed E-state index contributed by atoms with van der Waals surface area (Å²) in [6.07, 6.45) is 0. The lowest BCUT2D eigenvalue weighted by Gasteiger charge is -2.06. The Morgan fingerprint density at radius 2 is 1.75 bits per heavy atom. The number of aromatic nitrogens is 1. The molecular weight excluding hydrogens is 442 g/mol. The standard InChI is InChI=1S/C20H20BrN3O3S/c1-12(2)20-24-16-9-15(6-7-17(16)27-20)23-19(26)11-28-10-18(25)22-14-5-3-4-13(21)8-14/h3-9,12H,10-11H2,1-2H3,(H,22,25)(H,23,26). The fraction of sp³-hybridized carbons (Fsp3) is 0.250. The van der Waals surface area contributed by atoms with Crippen LogP contribution in [0.15, 0.2) is 51.4 Å². The van der Waals surface area contributed by atoms with Crippen molar-refractivity contribution in [3.05, 3.63) is 52.8 Å². The number of hydrogen-bond acceptors (Lipinski definition) is 5. The number of oxazole rings is 1. The number of rotatable bonds is 7. The summed E-state index contributed by atoms with van der Waals surface area (Å²) in [6, 6.07) is 12.7. The van der Waals surface area contributed by atoms with E-state index in [1.54, 1.807) is 18.2 Å². The first-order chi connectivity index (χ1) is 13.4. The summed E-state index contributed by atoms with van der Waals surface area (Å²) in [5.41, 5.74) is 2.77. The van der Waals surface area contributed by atoms with E-state index in [0.717, 1.165) is 4.47 Å². The number of thioether (sulfide) groups is 1. The van der Waals surface area contributed by atoms with Crippen LogP contribution in [-0.2, 0) is 9.59 Å². The molecule has 1 aromatic heterocycles. The van der Waals surface area contributed by atoms with Gasteiger partial charge in [0.2, 0.25) is 11.8 Å². The van der Waals surface area contributed by atoms with E-state index < -0.39 is 0 Å². The van der Waals surface area contributed by atoms with Crippen molar-refractivity contribution in [3.63, 3.8) is 0 Å². The zero-order chi connectivity index (χ0) is 20.1. The van der Waals surface area contributed by atoms with Gasteiger partial charge in [0.15, 0.2) is 11.5 Å². The lowest BCUT2D eigenvalue weighted by atomic mass is 10.2. The lowest BCUT2D eigenvalue weighted by molar-refractivity contribution is -0.114. The number of benzene rings is 2. The van der Waals surface area contributed by atoms with Gasteiger partial charge >= 0.3 is 0 Å². The van der Waals surface area contributed by atoms with Crippen molar-refractivity contribution in [3.8, 4) is 0 Å². The highest BCUT2D eigenvalue weighted by atomic mass is 79.9. The molecule has 0 bridgehead atoms. The Morgan fingerprint density at radius 3 is 2.39 bits per heavy atom. The van der Waals surface area contributed by atoms with Crippen LogP contribution < -0.4 is 10.6 Å². The summed E-state index contributed by atoms with van der Waals surface area (Å²) in [5, 5.41) is 5.62. The lowest BCUT2D eigenvalue weighted by Crippen LogP contribution is -2.18. The van der Waals surface area contributed by atoms with Gasteiger partial charge in [-0.3, -0.25) is 9.59 Å². The molecule has 0 fully saturated rings. The van der Waals surface area contributed by atoms with Crippen LogP contribution in [0.5, 0.6) is 0 Å². The molecule has 0 aliphatic heterocycles. The Hall–Kier alpha value is -2.32. The van der Waals surface area contributed by atoms with Crippen LogP contribution in [0, 0.1) is 0 Å². The molecule has 6 nitrogen and oxygen atoms in total. The van der Waals surface area contributed by atoms with Gasteiger partial charge in [0.05, 0.1) is 11.5 Å². The molecule has 2 aromatic carbocycles. The van der Waals surface area contributed by atoms with E-state index in [9.17, 15) is 9.59 Å². The number of nitrogens with one attached hydrogen (secondary N) is 2. The molecule has 2 amide bonds. The Balaban J connectivity index is 1.47. The third kappa shape index (κ3) is 5.59. The summed E-state index contributed by atoms with van der Waals surface area (Å²) in [7, 11) is 0. The van der Waals surface area contributed by atoms with Crippen LogP contribution in [-0.4, -0.2) is 28.3 Å². The number of fused-ring (bicyclic) bond motifs is 1. The van der Waals surface area contributed by atoms with Gasteiger partial charge in [0.1, 0.15) is 5.52 Å². The van der Waals surface area contributed by atoms with Gasteiger partial charge in [-0.2, -0.15) is 0 Å².